The Morgan fingerprint density at radius 1 is 1.25 bits per heavy atom. The van der Waals surface area contributed by atoms with Gasteiger partial charge in [-0.3, -0.25) is 0 Å². The third-order valence-electron chi connectivity index (χ3n) is 3.18. The first-order valence-corrected chi connectivity index (χ1v) is 8.39. The topological polar surface area (TPSA) is 78.5 Å². The lowest BCUT2D eigenvalue weighted by Gasteiger charge is -2.28. The van der Waals surface area contributed by atoms with Crippen LogP contribution in [-0.4, -0.2) is 45.2 Å². The van der Waals surface area contributed by atoms with E-state index >= 15 is 0 Å². The zero-order valence-corrected chi connectivity index (χ0v) is 12.2. The van der Waals surface area contributed by atoms with Gasteiger partial charge in [0.15, 0.2) is 0 Å². The number of amides is 2. The number of rotatable bonds is 4. The van der Waals surface area contributed by atoms with Crippen molar-refractivity contribution in [2.45, 2.75) is 13.0 Å². The number of benzene rings is 1. The van der Waals surface area contributed by atoms with E-state index in [2.05, 4.69) is 16.1 Å². The number of nitrogens with zero attached hydrogens (tertiary/aromatic N) is 1. The SMILES string of the molecule is CS(=O)(=O)NCCNC(=O)N1CCc2ccccc2C1. The van der Waals surface area contributed by atoms with Crippen molar-refractivity contribution >= 4 is 16.1 Å². The van der Waals surface area contributed by atoms with Gasteiger partial charge in [0.1, 0.15) is 0 Å². The van der Waals surface area contributed by atoms with Crippen molar-refractivity contribution in [1.82, 2.24) is 14.9 Å². The summed E-state index contributed by atoms with van der Waals surface area (Å²) in [6.45, 7) is 1.77. The molecule has 7 heteroatoms. The van der Waals surface area contributed by atoms with Crippen LogP contribution in [0.15, 0.2) is 24.3 Å². The van der Waals surface area contributed by atoms with Crippen LogP contribution in [0.4, 0.5) is 4.79 Å². The molecule has 110 valence electrons. The highest BCUT2D eigenvalue weighted by molar-refractivity contribution is 7.88. The molecule has 0 bridgehead atoms. The summed E-state index contributed by atoms with van der Waals surface area (Å²) in [4.78, 5) is 13.7. The molecule has 0 atom stereocenters. The van der Waals surface area contributed by atoms with Crippen LogP contribution >= 0.6 is 0 Å². The predicted molar refractivity (Wildman–Crippen MR) is 76.8 cm³/mol. The molecule has 0 unspecified atom stereocenters. The number of carbonyl (C=O) groups excluding carboxylic acids is 1. The van der Waals surface area contributed by atoms with E-state index < -0.39 is 10.0 Å². The molecule has 2 rings (SSSR count). The fourth-order valence-electron chi connectivity index (χ4n) is 2.19. The van der Waals surface area contributed by atoms with Crippen molar-refractivity contribution in [3.8, 4) is 0 Å². The second-order valence-corrected chi connectivity index (χ2v) is 6.67. The number of urea groups is 1. The van der Waals surface area contributed by atoms with Crippen molar-refractivity contribution in [1.29, 1.82) is 0 Å². The fourth-order valence-corrected chi connectivity index (χ4v) is 2.66. The van der Waals surface area contributed by atoms with E-state index in [4.69, 9.17) is 0 Å². The van der Waals surface area contributed by atoms with Crippen molar-refractivity contribution in [3.05, 3.63) is 35.4 Å². The van der Waals surface area contributed by atoms with E-state index in [1.165, 1.54) is 11.1 Å². The average molecular weight is 297 g/mol. The predicted octanol–water partition coefficient (Wildman–Crippen LogP) is 0.304. The van der Waals surface area contributed by atoms with Crippen LogP contribution < -0.4 is 10.0 Å². The van der Waals surface area contributed by atoms with Gasteiger partial charge in [0.2, 0.25) is 10.0 Å². The lowest BCUT2D eigenvalue weighted by molar-refractivity contribution is 0.192. The van der Waals surface area contributed by atoms with Gasteiger partial charge >= 0.3 is 6.03 Å². The van der Waals surface area contributed by atoms with Crippen molar-refractivity contribution in [2.75, 3.05) is 25.9 Å². The molecule has 20 heavy (non-hydrogen) atoms. The van der Waals surface area contributed by atoms with Crippen molar-refractivity contribution in [2.24, 2.45) is 0 Å². The Hall–Kier alpha value is -1.60. The maximum atomic E-state index is 12.0. The molecule has 0 fully saturated rings. The fraction of sp³-hybridized carbons (Fsp3) is 0.462. The molecule has 1 aromatic carbocycles. The first kappa shape index (κ1) is 14.8. The Kier molecular flexibility index (Phi) is 4.61. The summed E-state index contributed by atoms with van der Waals surface area (Å²) in [5.41, 5.74) is 2.46. The van der Waals surface area contributed by atoms with Gasteiger partial charge in [-0.2, -0.15) is 0 Å². The van der Waals surface area contributed by atoms with Gasteiger partial charge in [0.25, 0.3) is 0 Å². The van der Waals surface area contributed by atoms with E-state index in [0.29, 0.717) is 13.1 Å². The van der Waals surface area contributed by atoms with Gasteiger partial charge in [-0.25, -0.2) is 17.9 Å². The summed E-state index contributed by atoms with van der Waals surface area (Å²) in [7, 11) is -3.20. The first-order valence-electron chi connectivity index (χ1n) is 6.50. The zero-order chi connectivity index (χ0) is 14.6. The highest BCUT2D eigenvalue weighted by atomic mass is 32.2. The van der Waals surface area contributed by atoms with Crippen LogP contribution in [0.5, 0.6) is 0 Å². The minimum absolute atomic E-state index is 0.158. The molecule has 0 radical (unpaired) electrons. The molecule has 1 heterocycles. The third kappa shape index (κ3) is 4.21. The molecular formula is C13H19N3O3S. The van der Waals surface area contributed by atoms with Crippen molar-refractivity contribution < 1.29 is 13.2 Å². The van der Waals surface area contributed by atoms with Crippen LogP contribution in [0.1, 0.15) is 11.1 Å². The Bertz CT molecular complexity index is 586. The van der Waals surface area contributed by atoms with Gasteiger partial charge < -0.3 is 10.2 Å². The number of hydrogen-bond acceptors (Lipinski definition) is 3. The van der Waals surface area contributed by atoms with Crippen LogP contribution in [0, 0.1) is 0 Å². The molecule has 1 aliphatic heterocycles. The summed E-state index contributed by atoms with van der Waals surface area (Å²) in [5, 5.41) is 2.72. The minimum atomic E-state index is -3.20. The summed E-state index contributed by atoms with van der Waals surface area (Å²) >= 11 is 0. The van der Waals surface area contributed by atoms with E-state index in [0.717, 1.165) is 12.7 Å². The van der Waals surface area contributed by atoms with E-state index in [1.54, 1.807) is 4.90 Å². The molecule has 1 aliphatic rings. The van der Waals surface area contributed by atoms with Crippen molar-refractivity contribution in [3.63, 3.8) is 0 Å². The number of hydrogen-bond donors (Lipinski definition) is 2. The largest absolute Gasteiger partial charge is 0.337 e. The molecule has 2 amide bonds. The number of nitrogens with one attached hydrogen (secondary N) is 2. The molecule has 2 N–H and O–H groups in total. The Morgan fingerprint density at radius 2 is 1.95 bits per heavy atom. The molecule has 0 aliphatic carbocycles. The minimum Gasteiger partial charge on any atom is -0.337 e. The maximum absolute atomic E-state index is 12.0. The summed E-state index contributed by atoms with van der Waals surface area (Å²) in [6, 6.07) is 7.93. The second-order valence-electron chi connectivity index (χ2n) is 4.84. The molecule has 0 aromatic heterocycles. The monoisotopic (exact) mass is 297 g/mol. The van der Waals surface area contributed by atoms with Gasteiger partial charge in [0, 0.05) is 26.2 Å². The molecule has 1 aromatic rings. The van der Waals surface area contributed by atoms with E-state index in [1.807, 2.05) is 18.2 Å². The van der Waals surface area contributed by atoms with Gasteiger partial charge in [-0.1, -0.05) is 24.3 Å². The van der Waals surface area contributed by atoms with E-state index in [-0.39, 0.29) is 19.1 Å². The van der Waals surface area contributed by atoms with Crippen LogP contribution in [0.25, 0.3) is 0 Å². The van der Waals surface area contributed by atoms with Gasteiger partial charge in [0.05, 0.1) is 6.26 Å². The summed E-state index contributed by atoms with van der Waals surface area (Å²) < 4.78 is 24.1. The number of fused-ring (bicyclic) bond motifs is 1. The van der Waals surface area contributed by atoms with Crippen LogP contribution in [0.3, 0.4) is 0 Å². The van der Waals surface area contributed by atoms with Crippen LogP contribution in [-0.2, 0) is 23.0 Å². The average Bonchev–Trinajstić information content (AvgIpc) is 2.42. The lowest BCUT2D eigenvalue weighted by Crippen LogP contribution is -2.44. The van der Waals surface area contributed by atoms with Gasteiger partial charge in [-0.15, -0.1) is 0 Å². The standard InChI is InChI=1S/C13H19N3O3S/c1-20(18,19)15-8-7-14-13(17)16-9-6-11-4-2-3-5-12(11)10-16/h2-5,15H,6-10H2,1H3,(H,14,17). The highest BCUT2D eigenvalue weighted by Crippen LogP contribution is 2.18. The summed E-state index contributed by atoms with van der Waals surface area (Å²) in [5.74, 6) is 0. The Labute approximate surface area is 119 Å². The molecular weight excluding hydrogens is 278 g/mol. The van der Waals surface area contributed by atoms with E-state index in [9.17, 15) is 13.2 Å². The Morgan fingerprint density at radius 3 is 2.65 bits per heavy atom. The van der Waals surface area contributed by atoms with Gasteiger partial charge in [-0.05, 0) is 17.5 Å². The third-order valence-corrected chi connectivity index (χ3v) is 3.91. The zero-order valence-electron chi connectivity index (χ0n) is 11.4. The number of sulfonamides is 1. The number of carbonyl (C=O) groups is 1. The van der Waals surface area contributed by atoms with Crippen LogP contribution in [0.2, 0.25) is 0 Å². The molecule has 0 spiro atoms. The normalized spacial score (nSPS) is 14.8. The smallest absolute Gasteiger partial charge is 0.317 e. The summed E-state index contributed by atoms with van der Waals surface area (Å²) in [6.07, 6.45) is 1.95. The first-order chi connectivity index (χ1) is 9.46. The highest BCUT2D eigenvalue weighted by Gasteiger charge is 2.19. The second kappa shape index (κ2) is 6.23. The molecule has 0 saturated heterocycles. The quantitative estimate of drug-likeness (QED) is 0.785. The lowest BCUT2D eigenvalue weighted by atomic mass is 10.0. The maximum Gasteiger partial charge on any atom is 0.317 e. The molecule has 6 nitrogen and oxygen atoms in total. The Balaban J connectivity index is 1.80. The molecule has 0 saturated carbocycles.